The molecule has 1 heterocycles. The molecule has 0 fully saturated rings. The highest BCUT2D eigenvalue weighted by atomic mass is 79.9. The Hall–Kier alpha value is -1.52. The first-order valence-corrected chi connectivity index (χ1v) is 6.84. The molecule has 0 aliphatic rings. The number of hydrogen-bond acceptors (Lipinski definition) is 3. The lowest BCUT2D eigenvalue weighted by molar-refractivity contribution is 0.619. The maximum absolute atomic E-state index is 5.99. The fourth-order valence-corrected chi connectivity index (χ4v) is 2.44. The van der Waals surface area contributed by atoms with Crippen molar-refractivity contribution in [3.05, 3.63) is 45.4 Å². The van der Waals surface area contributed by atoms with Gasteiger partial charge in [-0.05, 0) is 30.7 Å². The van der Waals surface area contributed by atoms with Crippen LogP contribution in [0.2, 0.25) is 5.02 Å². The third kappa shape index (κ3) is 2.11. The number of hydrogen-bond donors (Lipinski definition) is 1. The average Bonchev–Trinajstić information content (AvgIpc) is 2.76. The molecule has 5 heteroatoms. The molecule has 0 aliphatic heterocycles. The minimum absolute atomic E-state index is 0.485. The summed E-state index contributed by atoms with van der Waals surface area (Å²) in [5.74, 6) is 0.565. The molecule has 0 atom stereocenters. The van der Waals surface area contributed by atoms with Crippen LogP contribution < -0.4 is 5.73 Å². The van der Waals surface area contributed by atoms with Crippen molar-refractivity contribution in [2.45, 2.75) is 6.92 Å². The second-order valence-corrected chi connectivity index (χ2v) is 5.53. The first-order valence-electron chi connectivity index (χ1n) is 5.67. The van der Waals surface area contributed by atoms with E-state index in [2.05, 4.69) is 20.9 Å². The largest absolute Gasteiger partial charge is 0.436 e. The number of halogens is 2. The number of nitrogens with zero attached hydrogens (tertiary/aromatic N) is 1. The van der Waals surface area contributed by atoms with Gasteiger partial charge < -0.3 is 10.2 Å². The minimum atomic E-state index is 0.485. The fourth-order valence-electron chi connectivity index (χ4n) is 1.92. The predicted molar refractivity (Wildman–Crippen MR) is 81.3 cm³/mol. The molecule has 0 radical (unpaired) electrons. The molecule has 0 aliphatic carbocycles. The number of rotatable bonds is 1. The van der Waals surface area contributed by atoms with Gasteiger partial charge in [0, 0.05) is 16.1 Å². The molecule has 0 bridgehead atoms. The first-order chi connectivity index (χ1) is 9.06. The van der Waals surface area contributed by atoms with Gasteiger partial charge in [-0.1, -0.05) is 33.6 Å². The van der Waals surface area contributed by atoms with Crippen molar-refractivity contribution in [1.29, 1.82) is 0 Å². The Balaban J connectivity index is 2.23. The molecule has 0 saturated carbocycles. The van der Waals surface area contributed by atoms with E-state index in [1.54, 1.807) is 12.1 Å². The lowest BCUT2D eigenvalue weighted by atomic mass is 10.1. The highest BCUT2D eigenvalue weighted by Crippen LogP contribution is 2.32. The number of nitrogens with two attached hydrogens (primary N) is 1. The summed E-state index contributed by atoms with van der Waals surface area (Å²) in [6.07, 6.45) is 0. The summed E-state index contributed by atoms with van der Waals surface area (Å²) < 4.78 is 6.77. The number of benzene rings is 2. The van der Waals surface area contributed by atoms with Crippen LogP contribution in [0, 0.1) is 6.92 Å². The van der Waals surface area contributed by atoms with Crippen LogP contribution in [0.15, 0.2) is 39.2 Å². The molecule has 2 N–H and O–H groups in total. The van der Waals surface area contributed by atoms with E-state index in [9.17, 15) is 0 Å². The van der Waals surface area contributed by atoms with Crippen molar-refractivity contribution in [3.8, 4) is 11.5 Å². The number of aromatic nitrogens is 1. The minimum Gasteiger partial charge on any atom is -0.436 e. The van der Waals surface area contributed by atoms with E-state index in [4.69, 9.17) is 21.8 Å². The summed E-state index contributed by atoms with van der Waals surface area (Å²) in [7, 11) is 0. The summed E-state index contributed by atoms with van der Waals surface area (Å²) in [4.78, 5) is 4.46. The van der Waals surface area contributed by atoms with Gasteiger partial charge >= 0.3 is 0 Å². The molecular weight excluding hydrogens is 328 g/mol. The van der Waals surface area contributed by atoms with Gasteiger partial charge in [-0.2, -0.15) is 0 Å². The Morgan fingerprint density at radius 3 is 2.89 bits per heavy atom. The van der Waals surface area contributed by atoms with Gasteiger partial charge in [-0.15, -0.1) is 0 Å². The van der Waals surface area contributed by atoms with E-state index < -0.39 is 0 Å². The molecule has 0 saturated heterocycles. The van der Waals surface area contributed by atoms with Crippen molar-refractivity contribution in [2.24, 2.45) is 0 Å². The van der Waals surface area contributed by atoms with Crippen molar-refractivity contribution < 1.29 is 4.42 Å². The monoisotopic (exact) mass is 336 g/mol. The van der Waals surface area contributed by atoms with E-state index in [1.165, 1.54) is 0 Å². The highest BCUT2D eigenvalue weighted by Gasteiger charge is 2.13. The SMILES string of the molecule is Cc1c(Br)cccc1-c1nc2cc(Cl)c(N)cc2o1. The smallest absolute Gasteiger partial charge is 0.227 e. The number of anilines is 1. The molecule has 3 aromatic rings. The van der Waals surface area contributed by atoms with Crippen molar-refractivity contribution in [3.63, 3.8) is 0 Å². The molecular formula is C14H10BrClN2O. The van der Waals surface area contributed by atoms with Gasteiger partial charge in [0.15, 0.2) is 5.58 Å². The lowest BCUT2D eigenvalue weighted by Crippen LogP contribution is -1.85. The lowest BCUT2D eigenvalue weighted by Gasteiger charge is -2.02. The van der Waals surface area contributed by atoms with Crippen molar-refractivity contribution in [2.75, 3.05) is 5.73 Å². The summed E-state index contributed by atoms with van der Waals surface area (Å²) in [6.45, 7) is 2.01. The maximum atomic E-state index is 5.99. The molecule has 2 aromatic carbocycles. The zero-order valence-corrected chi connectivity index (χ0v) is 12.4. The van der Waals surface area contributed by atoms with Crippen LogP contribution in [0.1, 0.15) is 5.56 Å². The van der Waals surface area contributed by atoms with Gasteiger partial charge in [-0.25, -0.2) is 4.98 Å². The Bertz CT molecular complexity index is 743. The Morgan fingerprint density at radius 2 is 2.11 bits per heavy atom. The van der Waals surface area contributed by atoms with E-state index in [0.717, 1.165) is 15.6 Å². The van der Waals surface area contributed by atoms with Crippen LogP contribution in [0.5, 0.6) is 0 Å². The summed E-state index contributed by atoms with van der Waals surface area (Å²) >= 11 is 9.49. The predicted octanol–water partition coefficient (Wildman–Crippen LogP) is 4.80. The summed E-state index contributed by atoms with van der Waals surface area (Å²) in [5.41, 5.74) is 9.61. The van der Waals surface area contributed by atoms with Crippen LogP contribution in [-0.2, 0) is 0 Å². The molecule has 1 aromatic heterocycles. The topological polar surface area (TPSA) is 52.0 Å². The van der Waals surface area contributed by atoms with Crippen LogP contribution in [0.25, 0.3) is 22.6 Å². The third-order valence-electron chi connectivity index (χ3n) is 3.00. The Kier molecular flexibility index (Phi) is 2.99. The third-order valence-corrected chi connectivity index (χ3v) is 4.19. The van der Waals surface area contributed by atoms with E-state index >= 15 is 0 Å². The summed E-state index contributed by atoms with van der Waals surface area (Å²) in [6, 6.07) is 9.31. The van der Waals surface area contributed by atoms with Gasteiger partial charge in [0.2, 0.25) is 5.89 Å². The zero-order valence-electron chi connectivity index (χ0n) is 10.1. The van der Waals surface area contributed by atoms with E-state index in [-0.39, 0.29) is 0 Å². The van der Waals surface area contributed by atoms with Crippen molar-refractivity contribution >= 4 is 44.3 Å². The Morgan fingerprint density at radius 1 is 1.32 bits per heavy atom. The van der Waals surface area contributed by atoms with Crippen LogP contribution in [0.4, 0.5) is 5.69 Å². The first kappa shape index (κ1) is 12.5. The molecule has 0 spiro atoms. The molecule has 0 unspecified atom stereocenters. The zero-order chi connectivity index (χ0) is 13.6. The normalized spacial score (nSPS) is 11.1. The number of oxazole rings is 1. The standard InChI is InChI=1S/C14H10BrClN2O/c1-7-8(3-2-4-9(7)15)14-18-12-5-10(16)11(17)6-13(12)19-14/h2-6H,17H2,1H3. The Labute approximate surface area is 123 Å². The molecule has 3 rings (SSSR count). The second kappa shape index (κ2) is 4.54. The number of fused-ring (bicyclic) bond motifs is 1. The highest BCUT2D eigenvalue weighted by molar-refractivity contribution is 9.10. The number of nitrogen functional groups attached to an aromatic ring is 1. The second-order valence-electron chi connectivity index (χ2n) is 4.27. The van der Waals surface area contributed by atoms with Gasteiger partial charge in [0.1, 0.15) is 5.52 Å². The van der Waals surface area contributed by atoms with E-state index in [0.29, 0.717) is 27.7 Å². The van der Waals surface area contributed by atoms with Crippen LogP contribution >= 0.6 is 27.5 Å². The van der Waals surface area contributed by atoms with Crippen molar-refractivity contribution in [1.82, 2.24) is 4.98 Å². The van der Waals surface area contributed by atoms with Gasteiger partial charge in [0.25, 0.3) is 0 Å². The quantitative estimate of drug-likeness (QED) is 0.649. The molecule has 96 valence electrons. The van der Waals surface area contributed by atoms with E-state index in [1.807, 2.05) is 25.1 Å². The maximum Gasteiger partial charge on any atom is 0.227 e. The molecule has 19 heavy (non-hydrogen) atoms. The van der Waals surface area contributed by atoms with Crippen LogP contribution in [-0.4, -0.2) is 4.98 Å². The summed E-state index contributed by atoms with van der Waals surface area (Å²) in [5, 5.41) is 0.485. The molecule has 0 amide bonds. The average molecular weight is 338 g/mol. The van der Waals surface area contributed by atoms with Gasteiger partial charge in [0.05, 0.1) is 10.7 Å². The van der Waals surface area contributed by atoms with Gasteiger partial charge in [-0.3, -0.25) is 0 Å². The fraction of sp³-hybridized carbons (Fsp3) is 0.0714. The molecule has 3 nitrogen and oxygen atoms in total. The van der Waals surface area contributed by atoms with Crippen LogP contribution in [0.3, 0.4) is 0 Å².